The summed E-state index contributed by atoms with van der Waals surface area (Å²) in [7, 11) is 3.57. The Morgan fingerprint density at radius 3 is 2.33 bits per heavy atom. The molecule has 4 nitrogen and oxygen atoms in total. The van der Waals surface area contributed by atoms with E-state index in [2.05, 4.69) is 11.0 Å². The lowest BCUT2D eigenvalue weighted by atomic mass is 10.1. The first kappa shape index (κ1) is 17.1. The van der Waals surface area contributed by atoms with E-state index < -0.39 is 0 Å². The topological polar surface area (TPSA) is 58.7 Å². The number of benzene rings is 2. The van der Waals surface area contributed by atoms with Crippen molar-refractivity contribution in [3.05, 3.63) is 53.6 Å². The minimum Gasteiger partial charge on any atom is -0.504 e. The maximum Gasteiger partial charge on any atom is 0.160 e. The summed E-state index contributed by atoms with van der Waals surface area (Å²) in [5.74, 6) is 0.662. The van der Waals surface area contributed by atoms with Crippen LogP contribution in [-0.4, -0.2) is 24.2 Å². The Labute approximate surface area is 131 Å². The summed E-state index contributed by atoms with van der Waals surface area (Å²) in [6, 6.07) is 13.3. The number of halogens is 1. The number of methoxy groups -OCH3 is 1. The number of phenolic OH excluding ortho intramolecular Hbond substituents is 1. The summed E-state index contributed by atoms with van der Waals surface area (Å²) < 4.78 is 5.04. The van der Waals surface area contributed by atoms with Crippen molar-refractivity contribution in [1.82, 2.24) is 4.90 Å². The lowest BCUT2D eigenvalue weighted by molar-refractivity contribution is 0.317. The van der Waals surface area contributed by atoms with Gasteiger partial charge in [-0.1, -0.05) is 18.2 Å². The van der Waals surface area contributed by atoms with Crippen LogP contribution >= 0.6 is 12.4 Å². The molecule has 3 N–H and O–H groups in total. The number of nitrogens with zero attached hydrogens (tertiary/aromatic N) is 1. The zero-order chi connectivity index (χ0) is 14.5. The molecule has 0 amide bonds. The highest BCUT2D eigenvalue weighted by atomic mass is 35.5. The number of hydrogen-bond acceptors (Lipinski definition) is 4. The maximum atomic E-state index is 9.77. The van der Waals surface area contributed by atoms with E-state index in [-0.39, 0.29) is 18.2 Å². The second-order valence-electron chi connectivity index (χ2n) is 4.92. The van der Waals surface area contributed by atoms with Crippen molar-refractivity contribution in [2.24, 2.45) is 0 Å². The van der Waals surface area contributed by atoms with Crippen LogP contribution in [0.5, 0.6) is 11.5 Å². The molecular formula is C16H21ClN2O2. The number of ether oxygens (including phenoxy) is 1. The third kappa shape index (κ3) is 4.85. The van der Waals surface area contributed by atoms with Crippen molar-refractivity contribution in [3.63, 3.8) is 0 Å². The van der Waals surface area contributed by atoms with Gasteiger partial charge in [0.25, 0.3) is 0 Å². The summed E-state index contributed by atoms with van der Waals surface area (Å²) in [5, 5.41) is 9.77. The van der Waals surface area contributed by atoms with E-state index >= 15 is 0 Å². The average molecular weight is 309 g/mol. The molecule has 114 valence electrons. The molecule has 2 rings (SSSR count). The van der Waals surface area contributed by atoms with Gasteiger partial charge in [0.15, 0.2) is 11.5 Å². The highest BCUT2D eigenvalue weighted by Crippen LogP contribution is 2.26. The van der Waals surface area contributed by atoms with Crippen LogP contribution in [0.1, 0.15) is 11.1 Å². The maximum absolute atomic E-state index is 9.77. The molecule has 2 aromatic carbocycles. The molecule has 0 atom stereocenters. The molecule has 5 heteroatoms. The number of aromatic hydroxyl groups is 1. The zero-order valence-corrected chi connectivity index (χ0v) is 13.1. The lowest BCUT2D eigenvalue weighted by Gasteiger charge is -2.17. The average Bonchev–Trinajstić information content (AvgIpc) is 2.38. The van der Waals surface area contributed by atoms with Crippen LogP contribution in [-0.2, 0) is 13.1 Å². The molecule has 0 heterocycles. The fraction of sp³-hybridized carbons (Fsp3) is 0.250. The van der Waals surface area contributed by atoms with Crippen molar-refractivity contribution >= 4 is 18.1 Å². The molecule has 0 aromatic heterocycles. The first-order valence-electron chi connectivity index (χ1n) is 6.47. The first-order chi connectivity index (χ1) is 9.58. The fourth-order valence-electron chi connectivity index (χ4n) is 2.20. The van der Waals surface area contributed by atoms with Crippen molar-refractivity contribution in [1.29, 1.82) is 0 Å². The number of nitrogen functional groups attached to an aromatic ring is 1. The third-order valence-electron chi connectivity index (χ3n) is 3.10. The van der Waals surface area contributed by atoms with Gasteiger partial charge in [0.2, 0.25) is 0 Å². The number of anilines is 1. The summed E-state index contributed by atoms with van der Waals surface area (Å²) in [6.45, 7) is 1.55. The number of hydrogen-bond donors (Lipinski definition) is 2. The smallest absolute Gasteiger partial charge is 0.160 e. The first-order valence-corrected chi connectivity index (χ1v) is 6.47. The molecule has 0 saturated heterocycles. The molecule has 0 radical (unpaired) electrons. The predicted octanol–water partition coefficient (Wildman–Crippen LogP) is 3.04. The summed E-state index contributed by atoms with van der Waals surface area (Å²) in [6.07, 6.45) is 0. The molecule has 0 unspecified atom stereocenters. The molecule has 0 aliphatic heterocycles. The standard InChI is InChI=1S/C16H20N2O2.ClH/c1-18(10-12-4-3-5-14(17)8-12)11-13-6-7-16(20-2)15(19)9-13;/h3-9,19H,10-11,17H2,1-2H3;1H. The van der Waals surface area contributed by atoms with E-state index in [4.69, 9.17) is 10.5 Å². The van der Waals surface area contributed by atoms with Crippen LogP contribution in [0.15, 0.2) is 42.5 Å². The van der Waals surface area contributed by atoms with Crippen LogP contribution in [0.3, 0.4) is 0 Å². The van der Waals surface area contributed by atoms with Gasteiger partial charge in [0, 0.05) is 18.8 Å². The minimum absolute atomic E-state index is 0. The second-order valence-corrected chi connectivity index (χ2v) is 4.92. The van der Waals surface area contributed by atoms with E-state index in [1.165, 1.54) is 5.56 Å². The molecule has 0 aliphatic rings. The zero-order valence-electron chi connectivity index (χ0n) is 12.2. The van der Waals surface area contributed by atoms with Gasteiger partial charge in [-0.3, -0.25) is 4.90 Å². The molecule has 21 heavy (non-hydrogen) atoms. The van der Waals surface area contributed by atoms with E-state index in [1.807, 2.05) is 31.3 Å². The van der Waals surface area contributed by atoms with Gasteiger partial charge in [-0.15, -0.1) is 12.4 Å². The third-order valence-corrected chi connectivity index (χ3v) is 3.10. The van der Waals surface area contributed by atoms with Gasteiger partial charge in [-0.25, -0.2) is 0 Å². The monoisotopic (exact) mass is 308 g/mol. The van der Waals surface area contributed by atoms with E-state index in [9.17, 15) is 5.11 Å². The van der Waals surface area contributed by atoms with Gasteiger partial charge in [0.1, 0.15) is 0 Å². The summed E-state index contributed by atoms with van der Waals surface area (Å²) in [5.41, 5.74) is 8.76. The molecule has 0 fully saturated rings. The molecule has 0 spiro atoms. The SMILES string of the molecule is COc1ccc(CN(C)Cc2cccc(N)c2)cc1O.Cl. The highest BCUT2D eigenvalue weighted by Gasteiger charge is 2.06. The molecule has 0 saturated carbocycles. The van der Waals surface area contributed by atoms with Crippen molar-refractivity contribution < 1.29 is 9.84 Å². The highest BCUT2D eigenvalue weighted by molar-refractivity contribution is 5.85. The molecule has 0 bridgehead atoms. The number of nitrogens with two attached hydrogens (primary N) is 1. The van der Waals surface area contributed by atoms with E-state index in [0.29, 0.717) is 5.75 Å². The van der Waals surface area contributed by atoms with Crippen LogP contribution < -0.4 is 10.5 Å². The molecular weight excluding hydrogens is 288 g/mol. The Kier molecular flexibility index (Phi) is 6.34. The van der Waals surface area contributed by atoms with E-state index in [1.54, 1.807) is 19.2 Å². The van der Waals surface area contributed by atoms with Crippen molar-refractivity contribution in [3.8, 4) is 11.5 Å². The number of phenols is 1. The summed E-state index contributed by atoms with van der Waals surface area (Å²) in [4.78, 5) is 2.16. The normalized spacial score (nSPS) is 10.2. The Balaban J connectivity index is 0.00000220. The van der Waals surface area contributed by atoms with Gasteiger partial charge in [-0.2, -0.15) is 0 Å². The minimum atomic E-state index is 0. The van der Waals surface area contributed by atoms with Gasteiger partial charge < -0.3 is 15.6 Å². The van der Waals surface area contributed by atoms with Crippen molar-refractivity contribution in [2.75, 3.05) is 19.9 Å². The largest absolute Gasteiger partial charge is 0.504 e. The van der Waals surface area contributed by atoms with Crippen molar-refractivity contribution in [2.45, 2.75) is 13.1 Å². The van der Waals surface area contributed by atoms with Gasteiger partial charge in [0.05, 0.1) is 7.11 Å². The number of rotatable bonds is 5. The second kappa shape index (κ2) is 7.76. The van der Waals surface area contributed by atoms with Gasteiger partial charge in [-0.05, 0) is 42.4 Å². The summed E-state index contributed by atoms with van der Waals surface area (Å²) >= 11 is 0. The van der Waals surface area contributed by atoms with Crippen LogP contribution in [0.4, 0.5) is 5.69 Å². The lowest BCUT2D eigenvalue weighted by Crippen LogP contribution is -2.17. The fourth-order valence-corrected chi connectivity index (χ4v) is 2.20. The molecule has 2 aromatic rings. The Morgan fingerprint density at radius 2 is 1.76 bits per heavy atom. The van der Waals surface area contributed by atoms with E-state index in [0.717, 1.165) is 24.3 Å². The Bertz CT molecular complexity index is 590. The van der Waals surface area contributed by atoms with Gasteiger partial charge >= 0.3 is 0 Å². The quantitative estimate of drug-likeness (QED) is 0.834. The van der Waals surface area contributed by atoms with Crippen LogP contribution in [0, 0.1) is 0 Å². The molecule has 0 aliphatic carbocycles. The Morgan fingerprint density at radius 1 is 1.10 bits per heavy atom. The Hall–Kier alpha value is -1.91. The van der Waals surface area contributed by atoms with Crippen LogP contribution in [0.25, 0.3) is 0 Å². The predicted molar refractivity (Wildman–Crippen MR) is 87.9 cm³/mol. The van der Waals surface area contributed by atoms with Crippen LogP contribution in [0.2, 0.25) is 0 Å².